The van der Waals surface area contributed by atoms with Gasteiger partial charge < -0.3 is 20.4 Å². The van der Waals surface area contributed by atoms with Crippen LogP contribution in [-0.2, 0) is 6.54 Å². The summed E-state index contributed by atoms with van der Waals surface area (Å²) in [5, 5.41) is 2.93. The highest BCUT2D eigenvalue weighted by Gasteiger charge is 2.20. The Labute approximate surface area is 133 Å². The summed E-state index contributed by atoms with van der Waals surface area (Å²) in [5.41, 5.74) is 6.02. The molecule has 1 aliphatic heterocycles. The summed E-state index contributed by atoms with van der Waals surface area (Å²) in [6.07, 6.45) is 4.95. The van der Waals surface area contributed by atoms with Crippen molar-refractivity contribution in [3.63, 3.8) is 0 Å². The maximum Gasteiger partial charge on any atom is 0.254 e. The van der Waals surface area contributed by atoms with Gasteiger partial charge >= 0.3 is 0 Å². The zero-order valence-corrected chi connectivity index (χ0v) is 13.8. The van der Waals surface area contributed by atoms with Gasteiger partial charge in [0.2, 0.25) is 0 Å². The van der Waals surface area contributed by atoms with Crippen LogP contribution in [0.2, 0.25) is 0 Å². The van der Waals surface area contributed by atoms with Gasteiger partial charge in [-0.15, -0.1) is 0 Å². The van der Waals surface area contributed by atoms with Crippen molar-refractivity contribution in [2.75, 3.05) is 26.2 Å². The van der Waals surface area contributed by atoms with Crippen LogP contribution in [0.5, 0.6) is 0 Å². The Kier molecular flexibility index (Phi) is 6.46. The molecule has 0 spiro atoms. The molecular formula is C17H29N3O2. The van der Waals surface area contributed by atoms with Crippen molar-refractivity contribution in [2.45, 2.75) is 39.7 Å². The highest BCUT2D eigenvalue weighted by Crippen LogP contribution is 2.20. The van der Waals surface area contributed by atoms with Crippen LogP contribution in [0, 0.1) is 11.8 Å². The lowest BCUT2D eigenvalue weighted by atomic mass is 9.92. The molecule has 0 aromatic carbocycles. The Morgan fingerprint density at radius 1 is 1.36 bits per heavy atom. The molecule has 0 saturated carbocycles. The van der Waals surface area contributed by atoms with Crippen LogP contribution in [0.1, 0.15) is 49.2 Å². The molecule has 2 rings (SSSR count). The molecular weight excluding hydrogens is 278 g/mol. The third-order valence-corrected chi connectivity index (χ3v) is 4.25. The molecule has 3 N–H and O–H groups in total. The molecule has 124 valence electrons. The molecule has 1 aliphatic rings. The summed E-state index contributed by atoms with van der Waals surface area (Å²) in [6, 6.07) is 1.70. The van der Waals surface area contributed by atoms with Gasteiger partial charge in [0, 0.05) is 19.6 Å². The van der Waals surface area contributed by atoms with E-state index in [1.165, 1.54) is 25.8 Å². The summed E-state index contributed by atoms with van der Waals surface area (Å²) in [7, 11) is 0. The molecule has 1 aromatic rings. The van der Waals surface area contributed by atoms with E-state index in [4.69, 9.17) is 10.2 Å². The molecule has 2 unspecified atom stereocenters. The molecule has 22 heavy (non-hydrogen) atoms. The van der Waals surface area contributed by atoms with Crippen LogP contribution in [-0.4, -0.2) is 37.0 Å². The van der Waals surface area contributed by atoms with Crippen LogP contribution < -0.4 is 11.1 Å². The Hall–Kier alpha value is -1.33. The minimum absolute atomic E-state index is 0.0799. The van der Waals surface area contributed by atoms with E-state index in [0.29, 0.717) is 24.4 Å². The van der Waals surface area contributed by atoms with E-state index in [2.05, 4.69) is 24.1 Å². The topological polar surface area (TPSA) is 71.5 Å². The number of carbonyl (C=O) groups excluding carboxylic acids is 1. The van der Waals surface area contributed by atoms with E-state index in [-0.39, 0.29) is 5.91 Å². The predicted molar refractivity (Wildman–Crippen MR) is 87.6 cm³/mol. The van der Waals surface area contributed by atoms with Crippen molar-refractivity contribution in [3.8, 4) is 0 Å². The standard InChI is InChI=1S/C17H29N3O2/c1-13-7-14(2)11-20(10-13)6-4-3-5-19-17(21)15-8-16(9-18)22-12-15/h8,12-14H,3-7,9-11,18H2,1-2H3,(H,19,21). The van der Waals surface area contributed by atoms with Crippen molar-refractivity contribution in [1.82, 2.24) is 10.2 Å². The lowest BCUT2D eigenvalue weighted by Crippen LogP contribution is -2.39. The minimum Gasteiger partial charge on any atom is -0.467 e. The molecule has 2 atom stereocenters. The molecule has 0 radical (unpaired) electrons. The second-order valence-electron chi connectivity index (χ2n) is 6.67. The maximum atomic E-state index is 11.9. The van der Waals surface area contributed by atoms with E-state index >= 15 is 0 Å². The first-order valence-electron chi connectivity index (χ1n) is 8.36. The second kappa shape index (κ2) is 8.34. The van der Waals surface area contributed by atoms with Crippen molar-refractivity contribution in [2.24, 2.45) is 17.6 Å². The lowest BCUT2D eigenvalue weighted by Gasteiger charge is -2.34. The van der Waals surface area contributed by atoms with Crippen LogP contribution in [0.15, 0.2) is 16.7 Å². The fraction of sp³-hybridized carbons (Fsp3) is 0.706. The maximum absolute atomic E-state index is 11.9. The average molecular weight is 307 g/mol. The molecule has 1 saturated heterocycles. The van der Waals surface area contributed by atoms with Crippen molar-refractivity contribution in [1.29, 1.82) is 0 Å². The summed E-state index contributed by atoms with van der Waals surface area (Å²) < 4.78 is 5.17. The number of rotatable bonds is 7. The first-order chi connectivity index (χ1) is 10.6. The quantitative estimate of drug-likeness (QED) is 0.758. The molecule has 0 aliphatic carbocycles. The van der Waals surface area contributed by atoms with Crippen molar-refractivity contribution in [3.05, 3.63) is 23.7 Å². The van der Waals surface area contributed by atoms with Crippen LogP contribution in [0.4, 0.5) is 0 Å². The van der Waals surface area contributed by atoms with E-state index in [0.717, 1.165) is 31.2 Å². The average Bonchev–Trinajstić information content (AvgIpc) is 2.94. The monoisotopic (exact) mass is 307 g/mol. The van der Waals surface area contributed by atoms with Crippen LogP contribution in [0.3, 0.4) is 0 Å². The Balaban J connectivity index is 1.60. The largest absolute Gasteiger partial charge is 0.467 e. The van der Waals surface area contributed by atoms with Gasteiger partial charge in [0.05, 0.1) is 12.1 Å². The number of nitrogens with two attached hydrogens (primary N) is 1. The molecule has 5 heteroatoms. The number of piperidine rings is 1. The number of furan rings is 1. The van der Waals surface area contributed by atoms with Gasteiger partial charge in [-0.2, -0.15) is 0 Å². The number of nitrogens with one attached hydrogen (secondary N) is 1. The molecule has 5 nitrogen and oxygen atoms in total. The van der Waals surface area contributed by atoms with E-state index < -0.39 is 0 Å². The summed E-state index contributed by atoms with van der Waals surface area (Å²) in [5.74, 6) is 2.17. The first kappa shape index (κ1) is 17.0. The summed E-state index contributed by atoms with van der Waals surface area (Å²) in [6.45, 7) is 9.27. The number of amides is 1. The number of hydrogen-bond acceptors (Lipinski definition) is 4. The molecule has 1 aromatic heterocycles. The molecule has 1 fully saturated rings. The number of unbranched alkanes of at least 4 members (excludes halogenated alkanes) is 1. The fourth-order valence-electron chi connectivity index (χ4n) is 3.35. The highest BCUT2D eigenvalue weighted by molar-refractivity contribution is 5.93. The Bertz CT molecular complexity index is 462. The van der Waals surface area contributed by atoms with Crippen molar-refractivity contribution < 1.29 is 9.21 Å². The summed E-state index contributed by atoms with van der Waals surface area (Å²) in [4.78, 5) is 14.5. The number of hydrogen-bond donors (Lipinski definition) is 2. The van der Waals surface area contributed by atoms with Gasteiger partial charge in [0.25, 0.3) is 5.91 Å². The second-order valence-corrected chi connectivity index (χ2v) is 6.67. The Morgan fingerprint density at radius 3 is 2.73 bits per heavy atom. The predicted octanol–water partition coefficient (Wildman–Crippen LogP) is 2.23. The summed E-state index contributed by atoms with van der Waals surface area (Å²) >= 11 is 0. The first-order valence-corrected chi connectivity index (χ1v) is 8.36. The van der Waals surface area contributed by atoms with Gasteiger partial charge in [-0.1, -0.05) is 13.8 Å². The lowest BCUT2D eigenvalue weighted by molar-refractivity contribution is 0.0951. The van der Waals surface area contributed by atoms with Crippen LogP contribution >= 0.6 is 0 Å². The zero-order valence-electron chi connectivity index (χ0n) is 13.8. The third kappa shape index (κ3) is 5.14. The van der Waals surface area contributed by atoms with Gasteiger partial charge in [-0.05, 0) is 43.7 Å². The molecule has 2 heterocycles. The van der Waals surface area contributed by atoms with Gasteiger partial charge in [-0.25, -0.2) is 0 Å². The normalized spacial score (nSPS) is 22.7. The van der Waals surface area contributed by atoms with Crippen LogP contribution in [0.25, 0.3) is 0 Å². The molecule has 0 bridgehead atoms. The number of likely N-dealkylation sites (tertiary alicyclic amines) is 1. The SMILES string of the molecule is CC1CC(C)CN(CCCCNC(=O)c2coc(CN)c2)C1. The minimum atomic E-state index is -0.0799. The smallest absolute Gasteiger partial charge is 0.254 e. The highest BCUT2D eigenvalue weighted by atomic mass is 16.3. The Morgan fingerprint density at radius 2 is 2.09 bits per heavy atom. The fourth-order valence-corrected chi connectivity index (χ4v) is 3.35. The van der Waals surface area contributed by atoms with Crippen molar-refractivity contribution >= 4 is 5.91 Å². The third-order valence-electron chi connectivity index (χ3n) is 4.25. The number of nitrogens with zero attached hydrogens (tertiary/aromatic N) is 1. The molecule has 1 amide bonds. The van der Waals surface area contributed by atoms with Gasteiger partial charge in [0.15, 0.2) is 0 Å². The van der Waals surface area contributed by atoms with Gasteiger partial charge in [-0.3, -0.25) is 4.79 Å². The van der Waals surface area contributed by atoms with Gasteiger partial charge in [0.1, 0.15) is 12.0 Å². The van der Waals surface area contributed by atoms with E-state index in [1.54, 1.807) is 6.07 Å². The van der Waals surface area contributed by atoms with E-state index in [1.807, 2.05) is 0 Å². The number of carbonyl (C=O) groups is 1. The van der Waals surface area contributed by atoms with E-state index in [9.17, 15) is 4.79 Å². The zero-order chi connectivity index (χ0) is 15.9.